The molecule has 1 aromatic heterocycles. The van der Waals surface area contributed by atoms with Crippen LogP contribution < -0.4 is 5.32 Å². The van der Waals surface area contributed by atoms with Gasteiger partial charge in [-0.25, -0.2) is 8.78 Å². The van der Waals surface area contributed by atoms with Crippen molar-refractivity contribution >= 4 is 11.4 Å². The number of alkyl halides is 1. The molecule has 0 aliphatic carbocycles. The van der Waals surface area contributed by atoms with Crippen molar-refractivity contribution in [2.45, 2.75) is 39.4 Å². The van der Waals surface area contributed by atoms with Gasteiger partial charge in [0.25, 0.3) is 0 Å². The fourth-order valence-corrected chi connectivity index (χ4v) is 4.12. The molecule has 0 unspecified atom stereocenters. The Morgan fingerprint density at radius 3 is 2.70 bits per heavy atom. The lowest BCUT2D eigenvalue weighted by molar-refractivity contribution is 0.117. The molecule has 1 aliphatic rings. The van der Waals surface area contributed by atoms with Crippen LogP contribution in [0, 0.1) is 12.7 Å². The molecule has 0 saturated heterocycles. The number of fused-ring (bicyclic) bond motifs is 1. The van der Waals surface area contributed by atoms with Gasteiger partial charge >= 0.3 is 0 Å². The van der Waals surface area contributed by atoms with Gasteiger partial charge in [0.1, 0.15) is 11.5 Å². The average molecular weight is 408 g/mol. The molecule has 0 bridgehead atoms. The molecule has 5 heteroatoms. The lowest BCUT2D eigenvalue weighted by Crippen LogP contribution is -2.39. The third-order valence-corrected chi connectivity index (χ3v) is 5.46. The van der Waals surface area contributed by atoms with Crippen molar-refractivity contribution in [1.82, 2.24) is 9.88 Å². The molecular formula is C25H27F2N3. The molecule has 0 fully saturated rings. The Bertz CT molecular complexity index is 1040. The number of hydrogen-bond donors (Lipinski definition) is 1. The second kappa shape index (κ2) is 8.15. The van der Waals surface area contributed by atoms with Gasteiger partial charge in [-0.2, -0.15) is 0 Å². The highest BCUT2D eigenvalue weighted by molar-refractivity contribution is 5.73. The average Bonchev–Trinajstić information content (AvgIpc) is 2.69. The van der Waals surface area contributed by atoms with E-state index in [-0.39, 0.29) is 5.82 Å². The molecule has 0 radical (unpaired) electrons. The highest BCUT2D eigenvalue weighted by Crippen LogP contribution is 2.32. The maximum Gasteiger partial charge on any atom is 0.141 e. The summed E-state index contributed by atoms with van der Waals surface area (Å²) in [6.45, 7) is 7.33. The first-order chi connectivity index (χ1) is 14.3. The largest absolute Gasteiger partial charge is 0.355 e. The van der Waals surface area contributed by atoms with Crippen molar-refractivity contribution in [2.75, 3.05) is 18.4 Å². The summed E-state index contributed by atoms with van der Waals surface area (Å²) in [6.07, 6.45) is 2.12. The number of rotatable bonds is 5. The van der Waals surface area contributed by atoms with Crippen molar-refractivity contribution in [1.29, 1.82) is 0 Å². The zero-order valence-electron chi connectivity index (χ0n) is 17.7. The summed E-state index contributed by atoms with van der Waals surface area (Å²) in [7, 11) is 0. The molecule has 3 aromatic rings. The summed E-state index contributed by atoms with van der Waals surface area (Å²) in [5.74, 6) is -0.341. The van der Waals surface area contributed by atoms with Crippen LogP contribution in [0.15, 0.2) is 54.7 Å². The number of pyridine rings is 1. The molecule has 1 aliphatic heterocycles. The van der Waals surface area contributed by atoms with E-state index in [1.54, 1.807) is 19.9 Å². The number of nitrogens with zero attached hydrogens (tertiary/aromatic N) is 2. The van der Waals surface area contributed by atoms with Crippen LogP contribution in [0.25, 0.3) is 11.3 Å². The van der Waals surface area contributed by atoms with Gasteiger partial charge in [-0.15, -0.1) is 0 Å². The Morgan fingerprint density at radius 1 is 1.13 bits per heavy atom. The normalized spacial score (nSPS) is 14.4. The van der Waals surface area contributed by atoms with E-state index in [4.69, 9.17) is 0 Å². The molecule has 0 saturated carbocycles. The molecule has 2 aromatic carbocycles. The summed E-state index contributed by atoms with van der Waals surface area (Å²) >= 11 is 0. The summed E-state index contributed by atoms with van der Waals surface area (Å²) in [6, 6.07) is 15.5. The van der Waals surface area contributed by atoms with E-state index in [9.17, 15) is 8.78 Å². The minimum absolute atomic E-state index is 0.341. The molecule has 30 heavy (non-hydrogen) atoms. The van der Waals surface area contributed by atoms with Crippen LogP contribution in [0.3, 0.4) is 0 Å². The number of benzene rings is 2. The molecule has 0 atom stereocenters. The zero-order chi connectivity index (χ0) is 21.3. The summed E-state index contributed by atoms with van der Waals surface area (Å²) < 4.78 is 27.3. The second-order valence-corrected chi connectivity index (χ2v) is 8.64. The Morgan fingerprint density at radius 2 is 1.97 bits per heavy atom. The Kier molecular flexibility index (Phi) is 5.56. The number of aryl methyl sites for hydroxylation is 1. The van der Waals surface area contributed by atoms with E-state index in [2.05, 4.69) is 33.4 Å². The molecule has 2 heterocycles. The minimum Gasteiger partial charge on any atom is -0.355 e. The van der Waals surface area contributed by atoms with Crippen LogP contribution in [-0.2, 0) is 13.0 Å². The molecule has 0 amide bonds. The van der Waals surface area contributed by atoms with Gasteiger partial charge in [0.05, 0.1) is 11.9 Å². The predicted molar refractivity (Wildman–Crippen MR) is 118 cm³/mol. The van der Waals surface area contributed by atoms with Crippen molar-refractivity contribution in [3.8, 4) is 11.3 Å². The smallest absolute Gasteiger partial charge is 0.141 e. The van der Waals surface area contributed by atoms with Gasteiger partial charge < -0.3 is 5.32 Å². The quantitative estimate of drug-likeness (QED) is 0.558. The number of aromatic nitrogens is 1. The van der Waals surface area contributed by atoms with Crippen molar-refractivity contribution < 1.29 is 8.78 Å². The van der Waals surface area contributed by atoms with Crippen LogP contribution in [0.4, 0.5) is 20.2 Å². The standard InChI is InChI=1S/C25H27F2N3/c1-17-7-9-20(13-22(17)23-10-8-19(26)14-28-23)29-24-6-4-5-18-15-30(12-11-21(18)24)16-25(2,3)27/h4-10,13-14,29H,11-12,15-16H2,1-3H3. The number of nitrogens with one attached hydrogen (secondary N) is 1. The number of anilines is 2. The van der Waals surface area contributed by atoms with Crippen LogP contribution >= 0.6 is 0 Å². The molecule has 1 N–H and O–H groups in total. The van der Waals surface area contributed by atoms with E-state index in [0.29, 0.717) is 6.54 Å². The summed E-state index contributed by atoms with van der Waals surface area (Å²) in [5, 5.41) is 3.55. The Labute approximate surface area is 176 Å². The van der Waals surface area contributed by atoms with Gasteiger partial charge in [0, 0.05) is 36.6 Å². The van der Waals surface area contributed by atoms with Gasteiger partial charge in [-0.05, 0) is 74.2 Å². The predicted octanol–water partition coefficient (Wildman–Crippen LogP) is 6.05. The SMILES string of the molecule is Cc1ccc(Nc2cccc3c2CCN(CC(C)(C)F)C3)cc1-c1ccc(F)cn1. The van der Waals surface area contributed by atoms with E-state index < -0.39 is 5.67 Å². The molecule has 0 spiro atoms. The first-order valence-corrected chi connectivity index (χ1v) is 10.3. The van der Waals surface area contributed by atoms with Crippen LogP contribution in [-0.4, -0.2) is 28.6 Å². The minimum atomic E-state index is -1.19. The third kappa shape index (κ3) is 4.68. The fourth-order valence-electron chi connectivity index (χ4n) is 4.12. The second-order valence-electron chi connectivity index (χ2n) is 8.64. The summed E-state index contributed by atoms with van der Waals surface area (Å²) in [4.78, 5) is 6.40. The van der Waals surface area contributed by atoms with Gasteiger partial charge in [-0.1, -0.05) is 18.2 Å². The van der Waals surface area contributed by atoms with Crippen molar-refractivity contribution in [3.05, 3.63) is 77.2 Å². The molecule has 156 valence electrons. The highest BCUT2D eigenvalue weighted by Gasteiger charge is 2.25. The molecule has 3 nitrogen and oxygen atoms in total. The van der Waals surface area contributed by atoms with Crippen molar-refractivity contribution in [3.63, 3.8) is 0 Å². The number of hydrogen-bond acceptors (Lipinski definition) is 3. The van der Waals surface area contributed by atoms with Crippen LogP contribution in [0.5, 0.6) is 0 Å². The first-order valence-electron chi connectivity index (χ1n) is 10.3. The third-order valence-electron chi connectivity index (χ3n) is 5.46. The number of halogens is 2. The van der Waals surface area contributed by atoms with E-state index in [1.165, 1.54) is 23.4 Å². The lowest BCUT2D eigenvalue weighted by atomic mass is 9.96. The van der Waals surface area contributed by atoms with E-state index >= 15 is 0 Å². The highest BCUT2D eigenvalue weighted by atomic mass is 19.1. The van der Waals surface area contributed by atoms with Crippen LogP contribution in [0.2, 0.25) is 0 Å². The summed E-state index contributed by atoms with van der Waals surface area (Å²) in [5.41, 5.74) is 6.17. The van der Waals surface area contributed by atoms with E-state index in [0.717, 1.165) is 47.7 Å². The Balaban J connectivity index is 1.58. The first kappa shape index (κ1) is 20.5. The Hall–Kier alpha value is -2.79. The van der Waals surface area contributed by atoms with Gasteiger partial charge in [0.15, 0.2) is 0 Å². The maximum absolute atomic E-state index is 14.1. The topological polar surface area (TPSA) is 28.2 Å². The van der Waals surface area contributed by atoms with Crippen molar-refractivity contribution in [2.24, 2.45) is 0 Å². The van der Waals surface area contributed by atoms with Gasteiger partial charge in [-0.3, -0.25) is 9.88 Å². The van der Waals surface area contributed by atoms with Gasteiger partial charge in [0.2, 0.25) is 0 Å². The molecular weight excluding hydrogens is 380 g/mol. The fraction of sp³-hybridized carbons (Fsp3) is 0.320. The maximum atomic E-state index is 14.1. The monoisotopic (exact) mass is 407 g/mol. The molecule has 4 rings (SSSR count). The zero-order valence-corrected chi connectivity index (χ0v) is 17.7. The van der Waals surface area contributed by atoms with E-state index in [1.807, 2.05) is 25.1 Å². The lowest BCUT2D eigenvalue weighted by Gasteiger charge is -2.33. The van der Waals surface area contributed by atoms with Crippen LogP contribution in [0.1, 0.15) is 30.5 Å².